The zero-order valence-electron chi connectivity index (χ0n) is 19.0. The van der Waals surface area contributed by atoms with Gasteiger partial charge in [0.2, 0.25) is 5.95 Å². The van der Waals surface area contributed by atoms with Gasteiger partial charge in [-0.3, -0.25) is 9.36 Å². The molecule has 0 aliphatic rings. The fraction of sp³-hybridized carbons (Fsp3) is 0.167. The Hall–Kier alpha value is -4.55. The molecule has 190 valence electrons. The third-order valence-electron chi connectivity index (χ3n) is 5.54. The average Bonchev–Trinajstić information content (AvgIpc) is 3.22. The molecule has 0 aliphatic heterocycles. The Balaban J connectivity index is 1.70. The summed E-state index contributed by atoms with van der Waals surface area (Å²) in [7, 11) is 1.81. The summed E-state index contributed by atoms with van der Waals surface area (Å²) in [5.41, 5.74) is 2.07. The Morgan fingerprint density at radius 3 is 2.51 bits per heavy atom. The van der Waals surface area contributed by atoms with E-state index < -0.39 is 24.9 Å². The molecule has 3 aromatic heterocycles. The fourth-order valence-electron chi connectivity index (χ4n) is 3.88. The zero-order valence-corrected chi connectivity index (χ0v) is 19.0. The number of nitrogens with zero attached hydrogens (tertiary/aromatic N) is 5. The summed E-state index contributed by atoms with van der Waals surface area (Å²) in [6, 6.07) is 12.1. The van der Waals surface area contributed by atoms with Crippen molar-refractivity contribution in [1.29, 1.82) is 0 Å². The van der Waals surface area contributed by atoms with E-state index in [9.17, 15) is 26.7 Å². The van der Waals surface area contributed by atoms with Crippen molar-refractivity contribution < 1.29 is 26.7 Å². The molecule has 1 N–H and O–H groups in total. The maximum Gasteiger partial charge on any atom is 0.405 e. The van der Waals surface area contributed by atoms with Gasteiger partial charge in [-0.05, 0) is 48.0 Å². The van der Waals surface area contributed by atoms with Gasteiger partial charge >= 0.3 is 12.8 Å². The Kier molecular flexibility index (Phi) is 5.97. The first-order valence-corrected chi connectivity index (χ1v) is 10.8. The van der Waals surface area contributed by atoms with E-state index in [1.165, 1.54) is 35.0 Å². The first-order valence-electron chi connectivity index (χ1n) is 10.8. The molecular weight excluding hydrogens is 499 g/mol. The smallest absolute Gasteiger partial charge is 0.405 e. The second-order valence-electron chi connectivity index (χ2n) is 8.07. The van der Waals surface area contributed by atoms with E-state index in [2.05, 4.69) is 25.0 Å². The lowest BCUT2D eigenvalue weighted by Gasteiger charge is -2.15. The molecule has 13 heteroatoms. The molecule has 0 amide bonds. The number of halogens is 5. The summed E-state index contributed by atoms with van der Waals surface area (Å²) in [5.74, 6) is -0.462. The van der Waals surface area contributed by atoms with Gasteiger partial charge in [0.25, 0.3) is 5.56 Å². The molecule has 2 aromatic carbocycles. The van der Waals surface area contributed by atoms with Gasteiger partial charge in [-0.2, -0.15) is 26.9 Å². The van der Waals surface area contributed by atoms with Crippen molar-refractivity contribution in [2.45, 2.75) is 12.8 Å². The van der Waals surface area contributed by atoms with E-state index in [0.717, 1.165) is 11.0 Å². The van der Waals surface area contributed by atoms with Crippen LogP contribution in [0.1, 0.15) is 0 Å². The highest BCUT2D eigenvalue weighted by molar-refractivity contribution is 5.86. The first kappa shape index (κ1) is 24.2. The number of ether oxygens (including phenoxy) is 1. The molecule has 5 rings (SSSR count). The summed E-state index contributed by atoms with van der Waals surface area (Å²) >= 11 is 0. The van der Waals surface area contributed by atoms with E-state index in [0.29, 0.717) is 10.9 Å². The number of nitrogens with one attached hydrogen (secondary N) is 1. The number of pyridine rings is 1. The van der Waals surface area contributed by atoms with Crippen molar-refractivity contribution >= 4 is 28.0 Å². The number of aryl methyl sites for hydroxylation is 1. The highest BCUT2D eigenvalue weighted by atomic mass is 19.4. The zero-order chi connectivity index (χ0) is 26.3. The normalized spacial score (nSPS) is 12.0. The third kappa shape index (κ3) is 4.92. The highest BCUT2D eigenvalue weighted by Gasteiger charge is 2.27. The van der Waals surface area contributed by atoms with Crippen molar-refractivity contribution in [2.24, 2.45) is 7.05 Å². The van der Waals surface area contributed by atoms with Gasteiger partial charge in [0.15, 0.2) is 5.65 Å². The van der Waals surface area contributed by atoms with Gasteiger partial charge in [-0.25, -0.2) is 9.97 Å². The van der Waals surface area contributed by atoms with E-state index in [-0.39, 0.29) is 28.6 Å². The van der Waals surface area contributed by atoms with Crippen LogP contribution in [0.25, 0.3) is 38.9 Å². The number of imidazole rings is 1. The maximum absolute atomic E-state index is 13.8. The van der Waals surface area contributed by atoms with Crippen molar-refractivity contribution in [3.05, 3.63) is 71.4 Å². The minimum atomic E-state index is -4.51. The largest absolute Gasteiger partial charge is 0.435 e. The molecule has 0 bridgehead atoms. The Morgan fingerprint density at radius 1 is 1.05 bits per heavy atom. The van der Waals surface area contributed by atoms with Crippen LogP contribution in [-0.2, 0) is 7.05 Å². The Morgan fingerprint density at radius 2 is 1.81 bits per heavy atom. The van der Waals surface area contributed by atoms with Crippen molar-refractivity contribution in [2.75, 3.05) is 11.9 Å². The molecule has 3 heterocycles. The number of hydrogen-bond donors (Lipinski definition) is 1. The van der Waals surface area contributed by atoms with E-state index >= 15 is 0 Å². The van der Waals surface area contributed by atoms with E-state index in [4.69, 9.17) is 0 Å². The third-order valence-corrected chi connectivity index (χ3v) is 5.54. The van der Waals surface area contributed by atoms with Crippen LogP contribution in [0.15, 0.2) is 65.8 Å². The van der Waals surface area contributed by atoms with Gasteiger partial charge < -0.3 is 14.6 Å². The van der Waals surface area contributed by atoms with Crippen LogP contribution in [0.5, 0.6) is 5.75 Å². The minimum absolute atomic E-state index is 0.0255. The van der Waals surface area contributed by atoms with E-state index in [1.807, 2.05) is 7.05 Å². The molecule has 8 nitrogen and oxygen atoms in total. The Bertz CT molecular complexity index is 1660. The predicted octanol–water partition coefficient (Wildman–Crippen LogP) is 4.91. The molecule has 0 fully saturated rings. The maximum atomic E-state index is 13.8. The van der Waals surface area contributed by atoms with Crippen LogP contribution < -0.4 is 15.6 Å². The molecule has 0 aliphatic carbocycles. The number of fused-ring (bicyclic) bond motifs is 2. The van der Waals surface area contributed by atoms with Crippen LogP contribution >= 0.6 is 0 Å². The van der Waals surface area contributed by atoms with Crippen LogP contribution in [0, 0.1) is 0 Å². The SMILES string of the molecule is Cn1cnc2ccc(-c3cc4cnc(NCC(F)(F)F)nc4n(-c4ccc(OC(F)F)cc4)c3=O)cc21. The number of alkyl halides is 5. The van der Waals surface area contributed by atoms with Crippen molar-refractivity contribution in [3.8, 4) is 22.6 Å². The quantitative estimate of drug-likeness (QED) is 0.323. The summed E-state index contributed by atoms with van der Waals surface area (Å²) in [4.78, 5) is 26.1. The lowest BCUT2D eigenvalue weighted by Crippen LogP contribution is -2.24. The molecule has 37 heavy (non-hydrogen) atoms. The summed E-state index contributed by atoms with van der Waals surface area (Å²) in [6.45, 7) is -4.40. The van der Waals surface area contributed by atoms with E-state index in [1.54, 1.807) is 35.2 Å². The minimum Gasteiger partial charge on any atom is -0.435 e. The lowest BCUT2D eigenvalue weighted by atomic mass is 10.0. The lowest BCUT2D eigenvalue weighted by molar-refractivity contribution is -0.115. The number of benzene rings is 2. The fourth-order valence-corrected chi connectivity index (χ4v) is 3.88. The first-order chi connectivity index (χ1) is 17.6. The molecule has 0 radical (unpaired) electrons. The van der Waals surface area contributed by atoms with Gasteiger partial charge in [0, 0.05) is 24.2 Å². The molecule has 0 spiro atoms. The molecule has 0 unspecified atom stereocenters. The summed E-state index contributed by atoms with van der Waals surface area (Å²) in [6.07, 6.45) is -1.57. The second kappa shape index (κ2) is 9.15. The predicted molar refractivity (Wildman–Crippen MR) is 126 cm³/mol. The second-order valence-corrected chi connectivity index (χ2v) is 8.07. The monoisotopic (exact) mass is 516 g/mol. The number of rotatable bonds is 6. The summed E-state index contributed by atoms with van der Waals surface area (Å²) in [5, 5.41) is 2.47. The average molecular weight is 516 g/mol. The molecule has 5 aromatic rings. The molecular formula is C24H17F5N6O2. The van der Waals surface area contributed by atoms with Gasteiger partial charge in [0.05, 0.1) is 23.0 Å². The summed E-state index contributed by atoms with van der Waals surface area (Å²) < 4.78 is 70.6. The molecule has 0 atom stereocenters. The number of hydrogen-bond acceptors (Lipinski definition) is 6. The Labute approximate surface area is 205 Å². The number of anilines is 1. The van der Waals surface area contributed by atoms with Crippen LogP contribution in [0.3, 0.4) is 0 Å². The molecule has 0 saturated carbocycles. The van der Waals surface area contributed by atoms with Gasteiger partial charge in [0.1, 0.15) is 12.3 Å². The number of aromatic nitrogens is 5. The van der Waals surface area contributed by atoms with Crippen LogP contribution in [0.4, 0.5) is 27.9 Å². The van der Waals surface area contributed by atoms with Crippen LogP contribution in [-0.4, -0.2) is 43.4 Å². The van der Waals surface area contributed by atoms with Crippen molar-refractivity contribution in [1.82, 2.24) is 24.1 Å². The highest BCUT2D eigenvalue weighted by Crippen LogP contribution is 2.27. The van der Waals surface area contributed by atoms with Gasteiger partial charge in [-0.15, -0.1) is 0 Å². The topological polar surface area (TPSA) is 86.9 Å². The van der Waals surface area contributed by atoms with Crippen molar-refractivity contribution in [3.63, 3.8) is 0 Å². The molecule has 0 saturated heterocycles. The van der Waals surface area contributed by atoms with Crippen LogP contribution in [0.2, 0.25) is 0 Å². The van der Waals surface area contributed by atoms with Gasteiger partial charge in [-0.1, -0.05) is 6.07 Å². The standard InChI is InChI=1S/C24H17F5N6O2/c1-34-12-32-18-7-2-13(9-19(18)34)17-8-14-10-30-23(31-11-24(27,28)29)33-20(14)35(21(17)36)15-3-5-16(6-4-15)37-22(25)26/h2-10,12,22H,11H2,1H3,(H,30,31,33).